The van der Waals surface area contributed by atoms with Gasteiger partial charge in [-0.15, -0.1) is 4.72 Å². The summed E-state index contributed by atoms with van der Waals surface area (Å²) in [5, 5.41) is 2.23. The van der Waals surface area contributed by atoms with E-state index in [0.29, 0.717) is 5.92 Å². The van der Waals surface area contributed by atoms with Gasteiger partial charge in [0.2, 0.25) is 0 Å². The molecule has 4 heteroatoms. The van der Waals surface area contributed by atoms with E-state index in [1.807, 2.05) is 45.0 Å². The molecule has 2 unspecified atom stereocenters. The highest BCUT2D eigenvalue weighted by Crippen LogP contribution is 2.33. The fourth-order valence-electron chi connectivity index (χ4n) is 2.82. The zero-order valence-electron chi connectivity index (χ0n) is 14.9. The van der Waals surface area contributed by atoms with Crippen molar-refractivity contribution in [3.63, 3.8) is 0 Å². The van der Waals surface area contributed by atoms with Gasteiger partial charge in [-0.05, 0) is 50.5 Å². The second-order valence-corrected chi connectivity index (χ2v) is 9.57. The number of hydrogen-bond acceptors (Lipinski definition) is 3. The Hall–Kier alpha value is -1.49. The van der Waals surface area contributed by atoms with Crippen LogP contribution in [0.4, 0.5) is 0 Å². The third-order valence-corrected chi connectivity index (χ3v) is 5.80. The van der Waals surface area contributed by atoms with Crippen molar-refractivity contribution < 1.29 is 8.97 Å². The summed E-state index contributed by atoms with van der Waals surface area (Å²) in [6, 6.07) is 14.4. The van der Waals surface area contributed by atoms with Gasteiger partial charge in [0, 0.05) is 22.1 Å². The van der Waals surface area contributed by atoms with E-state index in [-0.39, 0.29) is 10.8 Å². The van der Waals surface area contributed by atoms with E-state index >= 15 is 0 Å². The normalized spacial score (nSPS) is 15.3. The molecule has 3 aromatic rings. The molecule has 1 aromatic heterocycles. The smallest absolute Gasteiger partial charge is 0.136 e. The Morgan fingerprint density at radius 1 is 1.00 bits per heavy atom. The molecular weight excluding hydrogens is 318 g/mol. The number of rotatable bonds is 4. The Labute approximate surface area is 146 Å². The number of furan rings is 1. The maximum atomic E-state index is 12.6. The van der Waals surface area contributed by atoms with E-state index < -0.39 is 11.4 Å². The Balaban J connectivity index is 2.03. The largest absolute Gasteiger partial charge is 0.598 e. The van der Waals surface area contributed by atoms with Crippen LogP contribution in [-0.2, 0) is 11.4 Å². The van der Waals surface area contributed by atoms with Gasteiger partial charge in [-0.1, -0.05) is 38.1 Å². The number of fused-ring (bicyclic) bond motifs is 3. The first kappa shape index (κ1) is 17.3. The molecule has 0 amide bonds. The lowest BCUT2D eigenvalue weighted by molar-refractivity contribution is 0.452. The van der Waals surface area contributed by atoms with Gasteiger partial charge in [-0.3, -0.25) is 0 Å². The van der Waals surface area contributed by atoms with Crippen molar-refractivity contribution in [2.75, 3.05) is 0 Å². The highest BCUT2D eigenvalue weighted by atomic mass is 32.2. The summed E-state index contributed by atoms with van der Waals surface area (Å²) in [5.74, 6) is 0.326. The van der Waals surface area contributed by atoms with Crippen molar-refractivity contribution in [2.45, 2.75) is 45.4 Å². The van der Waals surface area contributed by atoms with E-state index in [1.54, 1.807) is 0 Å². The van der Waals surface area contributed by atoms with Crippen LogP contribution in [0.2, 0.25) is 0 Å². The molecule has 0 spiro atoms. The van der Waals surface area contributed by atoms with Crippen molar-refractivity contribution in [2.24, 2.45) is 5.92 Å². The topological polar surface area (TPSA) is 48.2 Å². The Morgan fingerprint density at radius 2 is 1.67 bits per heavy atom. The highest BCUT2D eigenvalue weighted by molar-refractivity contribution is 7.90. The van der Waals surface area contributed by atoms with Gasteiger partial charge in [-0.2, -0.15) is 0 Å². The zero-order valence-corrected chi connectivity index (χ0v) is 15.7. The Bertz CT molecular complexity index is 848. The minimum Gasteiger partial charge on any atom is -0.598 e. The molecule has 0 bridgehead atoms. The molecule has 0 saturated carbocycles. The van der Waals surface area contributed by atoms with Crippen molar-refractivity contribution in [1.82, 2.24) is 4.72 Å². The minimum absolute atomic E-state index is 0.0307. The van der Waals surface area contributed by atoms with E-state index in [0.717, 1.165) is 27.5 Å². The van der Waals surface area contributed by atoms with Gasteiger partial charge in [0.15, 0.2) is 0 Å². The third kappa shape index (κ3) is 3.32. The van der Waals surface area contributed by atoms with Crippen LogP contribution < -0.4 is 4.72 Å². The van der Waals surface area contributed by atoms with Crippen LogP contribution in [0.5, 0.6) is 0 Å². The van der Waals surface area contributed by atoms with Crippen molar-refractivity contribution in [1.29, 1.82) is 0 Å². The van der Waals surface area contributed by atoms with Crippen molar-refractivity contribution in [3.8, 4) is 0 Å². The molecule has 3 nitrogen and oxygen atoms in total. The standard InChI is InChI=1S/C20H25NO2S/c1-13(2)19(21-24(22)20(3,4)5)14-10-11-18-16(12-14)15-8-6-7-9-17(15)23-18/h6-13,19,21H,1-5H3. The quantitative estimate of drug-likeness (QED) is 0.651. The van der Waals surface area contributed by atoms with E-state index in [1.165, 1.54) is 0 Å². The predicted molar refractivity (Wildman–Crippen MR) is 102 cm³/mol. The second kappa shape index (κ2) is 6.43. The van der Waals surface area contributed by atoms with Crippen molar-refractivity contribution in [3.05, 3.63) is 48.0 Å². The maximum Gasteiger partial charge on any atom is 0.136 e. The monoisotopic (exact) mass is 343 g/mol. The molecular formula is C20H25NO2S. The molecule has 2 atom stereocenters. The molecule has 1 N–H and O–H groups in total. The van der Waals surface area contributed by atoms with Crippen LogP contribution in [-0.4, -0.2) is 9.30 Å². The zero-order chi connectivity index (χ0) is 17.5. The van der Waals surface area contributed by atoms with Crippen LogP contribution in [0.3, 0.4) is 0 Å². The number of hydrogen-bond donors (Lipinski definition) is 1. The molecule has 0 aliphatic rings. The van der Waals surface area contributed by atoms with E-state index in [2.05, 4.69) is 36.8 Å². The molecule has 3 rings (SSSR count). The average Bonchev–Trinajstić information content (AvgIpc) is 2.88. The number of benzene rings is 2. The molecule has 24 heavy (non-hydrogen) atoms. The molecule has 0 fully saturated rings. The average molecular weight is 343 g/mol. The van der Waals surface area contributed by atoms with Gasteiger partial charge >= 0.3 is 0 Å². The van der Waals surface area contributed by atoms with E-state index in [4.69, 9.17) is 4.42 Å². The second-order valence-electron chi connectivity index (χ2n) is 7.57. The first-order valence-electron chi connectivity index (χ1n) is 8.36. The Morgan fingerprint density at radius 3 is 2.33 bits per heavy atom. The van der Waals surface area contributed by atoms with Crippen LogP contribution in [0.1, 0.15) is 46.2 Å². The van der Waals surface area contributed by atoms with E-state index in [9.17, 15) is 4.55 Å². The lowest BCUT2D eigenvalue weighted by Gasteiger charge is -2.30. The van der Waals surface area contributed by atoms with Crippen LogP contribution in [0.25, 0.3) is 21.9 Å². The van der Waals surface area contributed by atoms with Gasteiger partial charge < -0.3 is 8.97 Å². The predicted octanol–water partition coefficient (Wildman–Crippen LogP) is 5.33. The lowest BCUT2D eigenvalue weighted by atomic mass is 9.96. The molecule has 0 aliphatic carbocycles. The minimum atomic E-state index is -1.11. The Kier molecular flexibility index (Phi) is 4.65. The van der Waals surface area contributed by atoms with Crippen LogP contribution in [0, 0.1) is 5.92 Å². The summed E-state index contributed by atoms with van der Waals surface area (Å²) in [5.41, 5.74) is 2.93. The molecule has 0 aliphatic heterocycles. The van der Waals surface area contributed by atoms with Crippen molar-refractivity contribution >= 4 is 33.3 Å². The lowest BCUT2D eigenvalue weighted by Crippen LogP contribution is -2.42. The van der Waals surface area contributed by atoms with Gasteiger partial charge in [0.1, 0.15) is 15.9 Å². The summed E-state index contributed by atoms with van der Waals surface area (Å²) >= 11 is -1.11. The summed E-state index contributed by atoms with van der Waals surface area (Å²) in [4.78, 5) is 0. The third-order valence-electron chi connectivity index (χ3n) is 4.22. The summed E-state index contributed by atoms with van der Waals surface area (Å²) in [6.07, 6.45) is 0. The summed E-state index contributed by atoms with van der Waals surface area (Å²) in [7, 11) is 0. The van der Waals surface area contributed by atoms with Gasteiger partial charge in [-0.25, -0.2) is 0 Å². The molecule has 0 saturated heterocycles. The molecule has 1 heterocycles. The van der Waals surface area contributed by atoms with Crippen LogP contribution >= 0.6 is 0 Å². The fourth-order valence-corrected chi connectivity index (χ4v) is 3.81. The number of para-hydroxylation sites is 1. The summed E-state index contributed by atoms with van der Waals surface area (Å²) in [6.45, 7) is 10.3. The first-order valence-corrected chi connectivity index (χ1v) is 9.51. The molecule has 0 radical (unpaired) electrons. The molecule has 128 valence electrons. The highest BCUT2D eigenvalue weighted by Gasteiger charge is 2.31. The number of nitrogens with one attached hydrogen (secondary N) is 1. The first-order chi connectivity index (χ1) is 11.3. The van der Waals surface area contributed by atoms with Gasteiger partial charge in [0.05, 0.1) is 6.04 Å². The van der Waals surface area contributed by atoms with Crippen LogP contribution in [0.15, 0.2) is 46.9 Å². The molecule has 2 aromatic carbocycles. The maximum absolute atomic E-state index is 12.6. The van der Waals surface area contributed by atoms with Gasteiger partial charge in [0.25, 0.3) is 0 Å². The fraction of sp³-hybridized carbons (Fsp3) is 0.400. The summed E-state index contributed by atoms with van der Waals surface area (Å²) < 4.78 is 21.5. The SMILES string of the molecule is CC(C)C(N[S+]([O-])C(C)(C)C)c1ccc2oc3ccccc3c2c1.